The van der Waals surface area contributed by atoms with E-state index in [9.17, 15) is 9.00 Å². The number of nitrogens with zero attached hydrogens (tertiary/aromatic N) is 2. The number of nitrogens with one attached hydrogen (secondary N) is 1. The van der Waals surface area contributed by atoms with Crippen LogP contribution in [0.25, 0.3) is 0 Å². The van der Waals surface area contributed by atoms with Crippen LogP contribution in [0.4, 0.5) is 5.69 Å². The molecule has 0 bridgehead atoms. The van der Waals surface area contributed by atoms with Gasteiger partial charge in [0, 0.05) is 35.4 Å². The van der Waals surface area contributed by atoms with Gasteiger partial charge in [0.1, 0.15) is 5.02 Å². The van der Waals surface area contributed by atoms with Crippen molar-refractivity contribution < 1.29 is 4.21 Å². The molecule has 0 fully saturated rings. The van der Waals surface area contributed by atoms with Crippen LogP contribution in [0, 0.1) is 0 Å². The van der Waals surface area contributed by atoms with Crippen molar-refractivity contribution >= 4 is 28.1 Å². The number of hydrogen-bond donors (Lipinski definition) is 1. The van der Waals surface area contributed by atoms with Crippen LogP contribution in [-0.2, 0) is 17.3 Å². The lowest BCUT2D eigenvalue weighted by atomic mass is 10.3. The minimum Gasteiger partial charge on any atom is -0.382 e. The molecule has 0 spiro atoms. The van der Waals surface area contributed by atoms with Crippen LogP contribution in [-0.4, -0.2) is 32.0 Å². The Bertz CT molecular complexity index is 490. The zero-order valence-corrected chi connectivity index (χ0v) is 12.3. The van der Waals surface area contributed by atoms with Gasteiger partial charge in [0.25, 0.3) is 5.56 Å². The molecule has 1 heterocycles. The molecule has 1 rings (SSSR count). The van der Waals surface area contributed by atoms with E-state index in [2.05, 4.69) is 10.4 Å². The summed E-state index contributed by atoms with van der Waals surface area (Å²) in [6, 6.07) is 0. The fourth-order valence-corrected chi connectivity index (χ4v) is 2.05. The molecule has 5 nitrogen and oxygen atoms in total. The summed E-state index contributed by atoms with van der Waals surface area (Å²) in [5.74, 6) is 0. The summed E-state index contributed by atoms with van der Waals surface area (Å²) in [6.45, 7) is 4.85. The largest absolute Gasteiger partial charge is 0.382 e. The van der Waals surface area contributed by atoms with Gasteiger partial charge in [0.2, 0.25) is 0 Å². The van der Waals surface area contributed by atoms with E-state index < -0.39 is 10.8 Å². The van der Waals surface area contributed by atoms with Gasteiger partial charge in [-0.25, -0.2) is 4.68 Å². The highest BCUT2D eigenvalue weighted by molar-refractivity contribution is 7.84. The zero-order chi connectivity index (χ0) is 13.7. The molecule has 1 aromatic rings. The molecule has 18 heavy (non-hydrogen) atoms. The SMILES string of the molecule is CCn1ncc(NCCC(C)S(C)=O)c(Cl)c1=O. The van der Waals surface area contributed by atoms with Gasteiger partial charge in [-0.3, -0.25) is 9.00 Å². The molecular formula is C11H18ClN3O2S. The van der Waals surface area contributed by atoms with Crippen molar-refractivity contribution in [2.24, 2.45) is 0 Å². The molecule has 0 aliphatic carbocycles. The van der Waals surface area contributed by atoms with Crippen LogP contribution >= 0.6 is 11.6 Å². The monoisotopic (exact) mass is 291 g/mol. The maximum absolute atomic E-state index is 11.7. The van der Waals surface area contributed by atoms with Gasteiger partial charge in [-0.15, -0.1) is 0 Å². The first kappa shape index (κ1) is 15.2. The van der Waals surface area contributed by atoms with E-state index in [0.29, 0.717) is 18.8 Å². The van der Waals surface area contributed by atoms with Crippen molar-refractivity contribution in [3.63, 3.8) is 0 Å². The first-order chi connectivity index (χ1) is 8.47. The van der Waals surface area contributed by atoms with E-state index in [-0.39, 0.29) is 15.8 Å². The number of aryl methyl sites for hydroxylation is 1. The average molecular weight is 292 g/mol. The molecule has 0 amide bonds. The van der Waals surface area contributed by atoms with Crippen LogP contribution in [0.1, 0.15) is 20.3 Å². The molecule has 102 valence electrons. The van der Waals surface area contributed by atoms with Crippen LogP contribution in [0.2, 0.25) is 5.02 Å². The molecule has 0 saturated carbocycles. The average Bonchev–Trinajstić information content (AvgIpc) is 2.34. The Morgan fingerprint density at radius 1 is 1.61 bits per heavy atom. The molecule has 2 unspecified atom stereocenters. The topological polar surface area (TPSA) is 64.0 Å². The highest BCUT2D eigenvalue weighted by Gasteiger charge is 2.09. The smallest absolute Gasteiger partial charge is 0.287 e. The van der Waals surface area contributed by atoms with Crippen molar-refractivity contribution in [3.05, 3.63) is 21.6 Å². The van der Waals surface area contributed by atoms with Crippen molar-refractivity contribution in [2.45, 2.75) is 32.1 Å². The number of hydrogen-bond acceptors (Lipinski definition) is 4. The van der Waals surface area contributed by atoms with E-state index >= 15 is 0 Å². The minimum absolute atomic E-state index is 0.111. The number of anilines is 1. The van der Waals surface area contributed by atoms with E-state index in [1.165, 1.54) is 4.68 Å². The fraction of sp³-hybridized carbons (Fsp3) is 0.636. The van der Waals surface area contributed by atoms with Crippen molar-refractivity contribution in [3.8, 4) is 0 Å². The molecule has 0 aliphatic heterocycles. The molecule has 7 heteroatoms. The van der Waals surface area contributed by atoms with Crippen molar-refractivity contribution in [1.82, 2.24) is 9.78 Å². The number of halogens is 1. The molecule has 1 aromatic heterocycles. The van der Waals surface area contributed by atoms with Gasteiger partial charge in [-0.2, -0.15) is 5.10 Å². The zero-order valence-electron chi connectivity index (χ0n) is 10.8. The van der Waals surface area contributed by atoms with Crippen molar-refractivity contribution in [2.75, 3.05) is 18.1 Å². The lowest BCUT2D eigenvalue weighted by Gasteiger charge is -2.11. The first-order valence-electron chi connectivity index (χ1n) is 5.79. The summed E-state index contributed by atoms with van der Waals surface area (Å²) in [7, 11) is -0.837. The molecular weight excluding hydrogens is 274 g/mol. The Labute approximate surface area is 114 Å². The predicted octanol–water partition coefficient (Wildman–Crippen LogP) is 1.49. The maximum Gasteiger partial charge on any atom is 0.287 e. The van der Waals surface area contributed by atoms with E-state index in [1.54, 1.807) is 12.5 Å². The van der Waals surface area contributed by atoms with Crippen LogP contribution in [0.3, 0.4) is 0 Å². The van der Waals surface area contributed by atoms with Gasteiger partial charge >= 0.3 is 0 Å². The number of rotatable bonds is 6. The van der Waals surface area contributed by atoms with Crippen LogP contribution < -0.4 is 10.9 Å². The molecule has 0 radical (unpaired) electrons. The standard InChI is InChI=1S/C11H18ClN3O2S/c1-4-15-11(16)10(12)9(7-14-15)13-6-5-8(2)18(3)17/h7-8,13H,4-6H2,1-3H3. The maximum atomic E-state index is 11.7. The summed E-state index contributed by atoms with van der Waals surface area (Å²) < 4.78 is 12.5. The second-order valence-electron chi connectivity index (χ2n) is 4.02. The highest BCUT2D eigenvalue weighted by atomic mass is 35.5. The van der Waals surface area contributed by atoms with E-state index in [0.717, 1.165) is 6.42 Å². The molecule has 1 N–H and O–H groups in total. The predicted molar refractivity (Wildman–Crippen MR) is 75.8 cm³/mol. The van der Waals surface area contributed by atoms with Gasteiger partial charge < -0.3 is 5.32 Å². The second-order valence-corrected chi connectivity index (χ2v) is 6.20. The molecule has 0 saturated heterocycles. The Morgan fingerprint density at radius 2 is 2.28 bits per heavy atom. The normalized spacial score (nSPS) is 14.2. The van der Waals surface area contributed by atoms with Crippen LogP contribution in [0.15, 0.2) is 11.0 Å². The third kappa shape index (κ3) is 3.81. The second kappa shape index (κ2) is 6.89. The molecule has 0 aliphatic rings. The first-order valence-corrected chi connectivity index (χ1v) is 7.79. The lowest BCUT2D eigenvalue weighted by molar-refractivity contribution is 0.616. The Hall–Kier alpha value is -0.880. The summed E-state index contributed by atoms with van der Waals surface area (Å²) in [5, 5.41) is 7.30. The summed E-state index contributed by atoms with van der Waals surface area (Å²) in [5.41, 5.74) is 0.233. The Balaban J connectivity index is 2.67. The third-order valence-corrected chi connectivity index (χ3v) is 4.45. The summed E-state index contributed by atoms with van der Waals surface area (Å²) >= 11 is 5.96. The lowest BCUT2D eigenvalue weighted by Crippen LogP contribution is -2.24. The van der Waals surface area contributed by atoms with Gasteiger partial charge in [0.05, 0.1) is 11.9 Å². The fourth-order valence-electron chi connectivity index (χ4n) is 1.39. The summed E-state index contributed by atoms with van der Waals surface area (Å²) in [4.78, 5) is 11.7. The van der Waals surface area contributed by atoms with Gasteiger partial charge in [-0.05, 0) is 13.3 Å². The summed E-state index contributed by atoms with van der Waals surface area (Å²) in [6.07, 6.45) is 3.97. The molecule has 2 atom stereocenters. The molecule has 0 aromatic carbocycles. The number of aromatic nitrogens is 2. The van der Waals surface area contributed by atoms with Gasteiger partial charge in [0.15, 0.2) is 0 Å². The van der Waals surface area contributed by atoms with Crippen LogP contribution in [0.5, 0.6) is 0 Å². The Morgan fingerprint density at radius 3 is 2.83 bits per heavy atom. The van der Waals surface area contributed by atoms with Crippen molar-refractivity contribution in [1.29, 1.82) is 0 Å². The van der Waals surface area contributed by atoms with E-state index in [4.69, 9.17) is 11.6 Å². The Kier molecular flexibility index (Phi) is 5.81. The third-order valence-electron chi connectivity index (χ3n) is 2.72. The van der Waals surface area contributed by atoms with Gasteiger partial charge in [-0.1, -0.05) is 18.5 Å². The quantitative estimate of drug-likeness (QED) is 0.862. The minimum atomic E-state index is -0.837. The van der Waals surface area contributed by atoms with E-state index in [1.807, 2.05) is 13.8 Å². The highest BCUT2D eigenvalue weighted by Crippen LogP contribution is 2.15.